The van der Waals surface area contributed by atoms with E-state index in [0.717, 1.165) is 34.1 Å². The lowest BCUT2D eigenvalue weighted by Crippen LogP contribution is -2.49. The van der Waals surface area contributed by atoms with Gasteiger partial charge in [-0.2, -0.15) is 13.2 Å². The fourth-order valence-corrected chi connectivity index (χ4v) is 4.02. The summed E-state index contributed by atoms with van der Waals surface area (Å²) in [5, 5.41) is 5.19. The Hall–Kier alpha value is -3.47. The molecule has 2 aliphatic rings. The number of urea groups is 1. The highest BCUT2D eigenvalue weighted by Gasteiger charge is 2.42. The number of benzene rings is 2. The monoisotopic (exact) mass is 477 g/mol. The van der Waals surface area contributed by atoms with E-state index in [0.29, 0.717) is 5.56 Å². The van der Waals surface area contributed by atoms with Crippen molar-refractivity contribution >= 4 is 35.4 Å². The van der Waals surface area contributed by atoms with E-state index >= 15 is 0 Å². The molecule has 2 aliphatic heterocycles. The molecule has 33 heavy (non-hydrogen) atoms. The average Bonchev–Trinajstić information content (AvgIpc) is 3.17. The minimum atomic E-state index is -4.49. The number of anilines is 1. The Morgan fingerprint density at radius 2 is 1.82 bits per heavy atom. The molecule has 172 valence electrons. The van der Waals surface area contributed by atoms with Crippen LogP contribution in [0.4, 0.5) is 23.7 Å². The van der Waals surface area contributed by atoms with Gasteiger partial charge in [-0.05, 0) is 48.2 Å². The van der Waals surface area contributed by atoms with E-state index in [-0.39, 0.29) is 23.6 Å². The number of alkyl halides is 3. The normalized spacial score (nSPS) is 18.1. The van der Waals surface area contributed by atoms with E-state index < -0.39 is 42.2 Å². The lowest BCUT2D eigenvalue weighted by atomic mass is 9.96. The number of hydrogen-bond acceptors (Lipinski definition) is 5. The van der Waals surface area contributed by atoms with E-state index in [1.54, 1.807) is 23.9 Å². The lowest BCUT2D eigenvalue weighted by molar-refractivity contribution is -0.138. The molecule has 0 saturated carbocycles. The summed E-state index contributed by atoms with van der Waals surface area (Å²) in [5.41, 5.74) is 0.523. The third-order valence-electron chi connectivity index (χ3n) is 5.25. The molecule has 0 bridgehead atoms. The quantitative estimate of drug-likeness (QED) is 0.503. The predicted molar refractivity (Wildman–Crippen MR) is 114 cm³/mol. The van der Waals surface area contributed by atoms with Crippen LogP contribution in [0.3, 0.4) is 0 Å². The molecule has 4 rings (SSSR count). The minimum absolute atomic E-state index is 0.144. The second-order valence-corrected chi connectivity index (χ2v) is 8.18. The third kappa shape index (κ3) is 4.68. The molecular formula is C22H18F3N3O4S. The van der Waals surface area contributed by atoms with Crippen LogP contribution in [0.2, 0.25) is 0 Å². The molecule has 0 fully saturated rings. The van der Waals surface area contributed by atoms with Gasteiger partial charge in [-0.3, -0.25) is 9.69 Å². The van der Waals surface area contributed by atoms with Gasteiger partial charge in [0.1, 0.15) is 13.2 Å². The summed E-state index contributed by atoms with van der Waals surface area (Å²) in [6, 6.07) is 9.99. The van der Waals surface area contributed by atoms with Crippen molar-refractivity contribution in [3.8, 4) is 0 Å². The topological polar surface area (TPSA) is 87.7 Å². The van der Waals surface area contributed by atoms with Crippen LogP contribution in [0, 0.1) is 0 Å². The summed E-state index contributed by atoms with van der Waals surface area (Å²) in [5.74, 6) is -1.23. The maximum atomic E-state index is 12.8. The van der Waals surface area contributed by atoms with Gasteiger partial charge < -0.3 is 15.4 Å². The smallest absolute Gasteiger partial charge is 0.416 e. The molecule has 0 aromatic heterocycles. The van der Waals surface area contributed by atoms with E-state index in [2.05, 4.69) is 10.6 Å². The first kappa shape index (κ1) is 22.7. The van der Waals surface area contributed by atoms with Crippen LogP contribution >= 0.6 is 11.8 Å². The van der Waals surface area contributed by atoms with Gasteiger partial charge in [-0.1, -0.05) is 12.1 Å². The van der Waals surface area contributed by atoms with Gasteiger partial charge in [0.25, 0.3) is 0 Å². The van der Waals surface area contributed by atoms with E-state index in [1.165, 1.54) is 0 Å². The van der Waals surface area contributed by atoms with Gasteiger partial charge in [-0.15, -0.1) is 11.8 Å². The van der Waals surface area contributed by atoms with E-state index in [1.807, 2.05) is 18.4 Å². The van der Waals surface area contributed by atoms with Crippen molar-refractivity contribution in [2.75, 3.05) is 24.7 Å². The van der Waals surface area contributed by atoms with Gasteiger partial charge in [-0.25, -0.2) is 9.59 Å². The highest BCUT2D eigenvalue weighted by Crippen LogP contribution is 2.35. The first-order valence-corrected chi connectivity index (χ1v) is 11.0. The van der Waals surface area contributed by atoms with Crippen LogP contribution in [-0.4, -0.2) is 42.2 Å². The zero-order valence-corrected chi connectivity index (χ0v) is 18.0. The zero-order valence-electron chi connectivity index (χ0n) is 17.2. The zero-order chi connectivity index (χ0) is 23.8. The maximum absolute atomic E-state index is 12.8. The highest BCUT2D eigenvalue weighted by molar-refractivity contribution is 7.98. The molecule has 0 saturated heterocycles. The second-order valence-electron chi connectivity index (χ2n) is 7.30. The number of carbonyl (C=O) groups excluding carboxylic acids is 3. The maximum Gasteiger partial charge on any atom is 0.416 e. The standard InChI is InChI=1S/C22H18F3N3O4S/c1-33-15-8-2-12(3-9-15)19-18-16(11-32-20(18)30)28(21(31)27-19)10-17(29)26-14-6-4-13(5-7-14)22(23,24)25/h2-9,19H,10-11H2,1H3,(H,26,29)(H,27,31)/t19-/m1/s1. The average molecular weight is 477 g/mol. The fourth-order valence-electron chi connectivity index (χ4n) is 3.61. The molecule has 11 heteroatoms. The fraction of sp³-hybridized carbons (Fsp3) is 0.227. The third-order valence-corrected chi connectivity index (χ3v) is 5.99. The van der Waals surface area contributed by atoms with Crippen molar-refractivity contribution in [1.29, 1.82) is 0 Å². The Bertz CT molecular complexity index is 1130. The minimum Gasteiger partial charge on any atom is -0.456 e. The number of cyclic esters (lactones) is 1. The Morgan fingerprint density at radius 3 is 2.42 bits per heavy atom. The molecular weight excluding hydrogens is 459 g/mol. The van der Waals surface area contributed by atoms with Crippen molar-refractivity contribution in [2.24, 2.45) is 0 Å². The summed E-state index contributed by atoms with van der Waals surface area (Å²) in [7, 11) is 0. The number of thioether (sulfide) groups is 1. The van der Waals surface area contributed by atoms with E-state index in [9.17, 15) is 27.6 Å². The van der Waals surface area contributed by atoms with Crippen LogP contribution in [-0.2, 0) is 20.5 Å². The van der Waals surface area contributed by atoms with Crippen LogP contribution in [0.5, 0.6) is 0 Å². The molecule has 2 aromatic carbocycles. The second kappa shape index (κ2) is 8.81. The molecule has 2 N–H and O–H groups in total. The molecule has 3 amide bonds. The summed E-state index contributed by atoms with van der Waals surface area (Å²) in [6.45, 7) is -0.602. The molecule has 0 aliphatic carbocycles. The van der Waals surface area contributed by atoms with Crippen molar-refractivity contribution in [3.05, 3.63) is 70.9 Å². The largest absolute Gasteiger partial charge is 0.456 e. The molecule has 0 spiro atoms. The summed E-state index contributed by atoms with van der Waals surface area (Å²) >= 11 is 1.56. The first-order valence-electron chi connectivity index (χ1n) is 9.76. The van der Waals surface area contributed by atoms with Crippen molar-refractivity contribution < 1.29 is 32.3 Å². The molecule has 7 nitrogen and oxygen atoms in total. The van der Waals surface area contributed by atoms with Gasteiger partial charge in [0.15, 0.2) is 0 Å². The van der Waals surface area contributed by atoms with Crippen LogP contribution in [0.15, 0.2) is 64.7 Å². The number of hydrogen-bond donors (Lipinski definition) is 2. The van der Waals surface area contributed by atoms with Gasteiger partial charge >= 0.3 is 18.2 Å². The molecule has 2 heterocycles. The number of ether oxygens (including phenoxy) is 1. The lowest BCUT2D eigenvalue weighted by Gasteiger charge is -2.32. The van der Waals surface area contributed by atoms with Gasteiger partial charge in [0.05, 0.1) is 22.9 Å². The number of halogens is 3. The number of rotatable bonds is 5. The predicted octanol–water partition coefficient (Wildman–Crippen LogP) is 3.94. The van der Waals surface area contributed by atoms with Crippen molar-refractivity contribution in [2.45, 2.75) is 17.1 Å². The van der Waals surface area contributed by atoms with Gasteiger partial charge in [0, 0.05) is 10.6 Å². The number of carbonyl (C=O) groups is 3. The Balaban J connectivity index is 1.52. The molecule has 2 aromatic rings. The Morgan fingerprint density at radius 1 is 1.15 bits per heavy atom. The Labute approximate surface area is 191 Å². The summed E-state index contributed by atoms with van der Waals surface area (Å²) < 4.78 is 43.2. The van der Waals surface area contributed by atoms with E-state index in [4.69, 9.17) is 4.74 Å². The van der Waals surface area contributed by atoms with Crippen molar-refractivity contribution in [1.82, 2.24) is 10.2 Å². The number of esters is 1. The Kier molecular flexibility index (Phi) is 6.07. The van der Waals surface area contributed by atoms with Crippen LogP contribution in [0.1, 0.15) is 17.2 Å². The number of nitrogens with one attached hydrogen (secondary N) is 2. The first-order chi connectivity index (χ1) is 15.7. The van der Waals surface area contributed by atoms with Gasteiger partial charge in [0.2, 0.25) is 5.91 Å². The number of amides is 3. The molecule has 1 atom stereocenters. The summed E-state index contributed by atoms with van der Waals surface area (Å²) in [4.78, 5) is 39.8. The molecule has 0 radical (unpaired) electrons. The molecule has 0 unspecified atom stereocenters. The number of nitrogens with zero attached hydrogens (tertiary/aromatic N) is 1. The van der Waals surface area contributed by atoms with Crippen LogP contribution < -0.4 is 10.6 Å². The summed E-state index contributed by atoms with van der Waals surface area (Å²) in [6.07, 6.45) is -2.56. The van der Waals surface area contributed by atoms with Crippen molar-refractivity contribution in [3.63, 3.8) is 0 Å². The van der Waals surface area contributed by atoms with Crippen LogP contribution in [0.25, 0.3) is 0 Å². The SMILES string of the molecule is CSc1ccc([C@H]2NC(=O)N(CC(=O)Nc3ccc(C(F)(F)F)cc3)C3=C2C(=O)OC3)cc1. The highest BCUT2D eigenvalue weighted by atomic mass is 32.2.